The third kappa shape index (κ3) is 4.76. The van der Waals surface area contributed by atoms with Gasteiger partial charge in [-0.2, -0.15) is 0 Å². The van der Waals surface area contributed by atoms with Crippen LogP contribution in [0.15, 0.2) is 82.2 Å². The van der Waals surface area contributed by atoms with Gasteiger partial charge in [0.15, 0.2) is 4.80 Å². The van der Waals surface area contributed by atoms with E-state index in [1.165, 1.54) is 11.3 Å². The zero-order valence-electron chi connectivity index (χ0n) is 18.8. The summed E-state index contributed by atoms with van der Waals surface area (Å²) in [5.74, 6) is 0.171. The summed E-state index contributed by atoms with van der Waals surface area (Å²) >= 11 is 7.26. The SMILES string of the molecule is C=CCOc1ccc(C2C(C(=O)OCC)=C(C)N=c3sc(=Cc4ccc(Cl)cc4)c(=O)n32)cc1. The second-order valence-corrected chi connectivity index (χ2v) is 8.97. The van der Waals surface area contributed by atoms with E-state index in [0.29, 0.717) is 38.0 Å². The molecule has 0 fully saturated rings. The number of carbonyl (C=O) groups is 1. The summed E-state index contributed by atoms with van der Waals surface area (Å²) in [5.41, 5.74) is 2.23. The Morgan fingerprint density at radius 1 is 1.21 bits per heavy atom. The van der Waals surface area contributed by atoms with E-state index in [0.717, 1.165) is 11.1 Å². The lowest BCUT2D eigenvalue weighted by atomic mass is 9.96. The van der Waals surface area contributed by atoms with Crippen LogP contribution in [0.5, 0.6) is 5.75 Å². The van der Waals surface area contributed by atoms with Crippen LogP contribution in [0, 0.1) is 0 Å². The predicted molar refractivity (Wildman–Crippen MR) is 134 cm³/mol. The second kappa shape index (κ2) is 10.2. The molecule has 0 saturated carbocycles. The average Bonchev–Trinajstić information content (AvgIpc) is 3.13. The molecule has 4 rings (SSSR count). The molecule has 34 heavy (non-hydrogen) atoms. The highest BCUT2D eigenvalue weighted by Gasteiger charge is 2.33. The Balaban J connectivity index is 1.88. The number of nitrogens with zero attached hydrogens (tertiary/aromatic N) is 2. The first-order valence-electron chi connectivity index (χ1n) is 10.7. The number of carbonyl (C=O) groups excluding carboxylic acids is 1. The van der Waals surface area contributed by atoms with Crippen LogP contribution >= 0.6 is 22.9 Å². The molecule has 6 nitrogen and oxygen atoms in total. The third-order valence-corrected chi connectivity index (χ3v) is 6.48. The van der Waals surface area contributed by atoms with E-state index in [-0.39, 0.29) is 12.2 Å². The van der Waals surface area contributed by atoms with Crippen molar-refractivity contribution in [1.82, 2.24) is 4.57 Å². The highest BCUT2D eigenvalue weighted by atomic mass is 35.5. The molecule has 0 bridgehead atoms. The first-order chi connectivity index (χ1) is 16.4. The summed E-state index contributed by atoms with van der Waals surface area (Å²) < 4.78 is 13.0. The third-order valence-electron chi connectivity index (χ3n) is 5.25. The topological polar surface area (TPSA) is 69.9 Å². The molecule has 1 aliphatic rings. The first kappa shape index (κ1) is 23.7. The Morgan fingerprint density at radius 3 is 2.56 bits per heavy atom. The summed E-state index contributed by atoms with van der Waals surface area (Å²) in [6.07, 6.45) is 3.46. The van der Waals surface area contributed by atoms with Gasteiger partial charge in [0, 0.05) is 5.02 Å². The zero-order valence-corrected chi connectivity index (χ0v) is 20.4. The maximum absolute atomic E-state index is 13.6. The smallest absolute Gasteiger partial charge is 0.338 e. The summed E-state index contributed by atoms with van der Waals surface area (Å²) in [6, 6.07) is 13.9. The van der Waals surface area contributed by atoms with E-state index in [4.69, 9.17) is 21.1 Å². The van der Waals surface area contributed by atoms with Gasteiger partial charge >= 0.3 is 5.97 Å². The van der Waals surface area contributed by atoms with Gasteiger partial charge in [0.2, 0.25) is 0 Å². The molecule has 1 atom stereocenters. The number of esters is 1. The molecule has 0 N–H and O–H groups in total. The van der Waals surface area contributed by atoms with Gasteiger partial charge in [0.05, 0.1) is 28.5 Å². The largest absolute Gasteiger partial charge is 0.490 e. The zero-order chi connectivity index (χ0) is 24.2. The number of halogens is 1. The van der Waals surface area contributed by atoms with Gasteiger partial charge in [-0.3, -0.25) is 9.36 Å². The van der Waals surface area contributed by atoms with Crippen LogP contribution in [0.25, 0.3) is 6.08 Å². The molecule has 0 amide bonds. The number of thiazole rings is 1. The van der Waals surface area contributed by atoms with Crippen molar-refractivity contribution in [1.29, 1.82) is 0 Å². The van der Waals surface area contributed by atoms with Gasteiger partial charge in [-0.05, 0) is 55.3 Å². The number of hydrogen-bond donors (Lipinski definition) is 0. The van der Waals surface area contributed by atoms with Gasteiger partial charge in [0.25, 0.3) is 5.56 Å². The monoisotopic (exact) mass is 494 g/mol. The summed E-state index contributed by atoms with van der Waals surface area (Å²) in [5, 5.41) is 0.619. The lowest BCUT2D eigenvalue weighted by Gasteiger charge is -2.24. The lowest BCUT2D eigenvalue weighted by molar-refractivity contribution is -0.139. The van der Waals surface area contributed by atoms with Crippen molar-refractivity contribution in [2.45, 2.75) is 19.9 Å². The van der Waals surface area contributed by atoms with Crippen LogP contribution in [0.3, 0.4) is 0 Å². The van der Waals surface area contributed by atoms with E-state index in [1.54, 1.807) is 54.8 Å². The van der Waals surface area contributed by atoms with E-state index < -0.39 is 12.0 Å². The molecule has 1 unspecified atom stereocenters. The van der Waals surface area contributed by atoms with E-state index in [1.807, 2.05) is 24.3 Å². The number of fused-ring (bicyclic) bond motifs is 1. The Kier molecular flexibility index (Phi) is 7.14. The Labute approximate surface area is 205 Å². The Morgan fingerprint density at radius 2 is 1.91 bits per heavy atom. The molecule has 1 aliphatic heterocycles. The molecular weight excluding hydrogens is 472 g/mol. The Hall–Kier alpha value is -3.42. The van der Waals surface area contributed by atoms with Crippen molar-refractivity contribution in [3.63, 3.8) is 0 Å². The van der Waals surface area contributed by atoms with Gasteiger partial charge in [-0.1, -0.05) is 59.9 Å². The summed E-state index contributed by atoms with van der Waals surface area (Å²) in [4.78, 5) is 31.6. The van der Waals surface area contributed by atoms with Crippen molar-refractivity contribution in [2.75, 3.05) is 13.2 Å². The standard InChI is InChI=1S/C26H23ClN2O4S/c1-4-14-33-20-12-8-18(9-13-20)23-22(25(31)32-5-2)16(3)28-26-29(23)24(30)21(34-26)15-17-6-10-19(27)11-7-17/h4,6-13,15,23H,1,5,14H2,2-3H3. The molecule has 3 aromatic rings. The van der Waals surface area contributed by atoms with E-state index in [9.17, 15) is 9.59 Å². The fraction of sp³-hybridized carbons (Fsp3) is 0.192. The fourth-order valence-corrected chi connectivity index (χ4v) is 4.89. The van der Waals surface area contributed by atoms with Crippen LogP contribution in [0.1, 0.15) is 31.0 Å². The van der Waals surface area contributed by atoms with E-state index in [2.05, 4.69) is 11.6 Å². The van der Waals surface area contributed by atoms with E-state index >= 15 is 0 Å². The quantitative estimate of drug-likeness (QED) is 0.367. The lowest BCUT2D eigenvalue weighted by Crippen LogP contribution is -2.39. The van der Waals surface area contributed by atoms with Gasteiger partial charge in [0.1, 0.15) is 12.4 Å². The molecule has 0 spiro atoms. The van der Waals surface area contributed by atoms with Gasteiger partial charge in [-0.25, -0.2) is 9.79 Å². The fourth-order valence-electron chi connectivity index (χ4n) is 3.72. The highest BCUT2D eigenvalue weighted by Crippen LogP contribution is 2.31. The second-order valence-electron chi connectivity index (χ2n) is 7.52. The molecule has 174 valence electrons. The number of aromatic nitrogens is 1. The molecular formula is C26H23ClN2O4S. The first-order valence-corrected chi connectivity index (χ1v) is 11.9. The number of ether oxygens (including phenoxy) is 2. The summed E-state index contributed by atoms with van der Waals surface area (Å²) in [6.45, 7) is 7.76. The van der Waals surface area contributed by atoms with Gasteiger partial charge < -0.3 is 9.47 Å². The maximum Gasteiger partial charge on any atom is 0.338 e. The summed E-state index contributed by atoms with van der Waals surface area (Å²) in [7, 11) is 0. The van der Waals surface area contributed by atoms with Crippen molar-refractivity contribution in [2.24, 2.45) is 4.99 Å². The average molecular weight is 495 g/mol. The van der Waals surface area contributed by atoms with Gasteiger partial charge in [-0.15, -0.1) is 0 Å². The van der Waals surface area contributed by atoms with Crippen LogP contribution in [-0.4, -0.2) is 23.8 Å². The molecule has 2 heterocycles. The van der Waals surface area contributed by atoms with Crippen LogP contribution in [-0.2, 0) is 9.53 Å². The molecule has 0 aliphatic carbocycles. The van der Waals surface area contributed by atoms with Crippen LogP contribution in [0.4, 0.5) is 0 Å². The minimum Gasteiger partial charge on any atom is -0.490 e. The van der Waals surface area contributed by atoms with Crippen LogP contribution in [0.2, 0.25) is 5.02 Å². The minimum absolute atomic E-state index is 0.220. The molecule has 1 aromatic heterocycles. The Bertz CT molecular complexity index is 1430. The number of benzene rings is 2. The molecule has 2 aromatic carbocycles. The minimum atomic E-state index is -0.670. The number of allylic oxidation sites excluding steroid dienone is 1. The van der Waals surface area contributed by atoms with Crippen molar-refractivity contribution in [3.05, 3.63) is 108 Å². The number of hydrogen-bond acceptors (Lipinski definition) is 6. The highest BCUT2D eigenvalue weighted by molar-refractivity contribution is 7.07. The molecule has 8 heteroatoms. The van der Waals surface area contributed by atoms with Crippen molar-refractivity contribution < 1.29 is 14.3 Å². The maximum atomic E-state index is 13.6. The predicted octanol–water partition coefficient (Wildman–Crippen LogP) is 4.02. The molecule has 0 radical (unpaired) electrons. The van der Waals surface area contributed by atoms with Crippen molar-refractivity contribution in [3.8, 4) is 5.75 Å². The normalized spacial score (nSPS) is 15.5. The number of rotatable bonds is 7. The van der Waals surface area contributed by atoms with Crippen molar-refractivity contribution >= 4 is 35.0 Å². The molecule has 0 saturated heterocycles. The van der Waals surface area contributed by atoms with Crippen LogP contribution < -0.4 is 19.6 Å².